The van der Waals surface area contributed by atoms with Crippen LogP contribution < -0.4 is 5.73 Å². The van der Waals surface area contributed by atoms with Crippen molar-refractivity contribution in [1.29, 1.82) is 0 Å². The zero-order chi connectivity index (χ0) is 12.0. The van der Waals surface area contributed by atoms with Gasteiger partial charge >= 0.3 is 0 Å². The molecular formula is C12H22N2O2. The highest BCUT2D eigenvalue weighted by atomic mass is 16.5. The van der Waals surface area contributed by atoms with E-state index in [9.17, 15) is 0 Å². The third-order valence-electron chi connectivity index (χ3n) is 2.91. The number of nitrogens with zero attached hydrogens (tertiary/aromatic N) is 1. The van der Waals surface area contributed by atoms with Gasteiger partial charge in [-0.2, -0.15) is 0 Å². The summed E-state index contributed by atoms with van der Waals surface area (Å²) in [5.41, 5.74) is 6.98. The molecule has 4 heteroatoms. The molecule has 1 rings (SSSR count). The lowest BCUT2D eigenvalue weighted by Crippen LogP contribution is -2.43. The Labute approximate surface area is 97.4 Å². The average molecular weight is 226 g/mol. The van der Waals surface area contributed by atoms with Crippen LogP contribution in [0.5, 0.6) is 0 Å². The summed E-state index contributed by atoms with van der Waals surface area (Å²) < 4.78 is 10.2. The fraction of sp³-hybridized carbons (Fsp3) is 0.667. The van der Waals surface area contributed by atoms with E-state index in [1.54, 1.807) is 19.6 Å². The van der Waals surface area contributed by atoms with Crippen LogP contribution in [-0.2, 0) is 11.3 Å². The van der Waals surface area contributed by atoms with Crippen molar-refractivity contribution in [2.75, 3.05) is 27.3 Å². The first-order valence-electron chi connectivity index (χ1n) is 5.59. The summed E-state index contributed by atoms with van der Waals surface area (Å²) in [6.07, 6.45) is 3.46. The highest BCUT2D eigenvalue weighted by Gasteiger charge is 2.20. The van der Waals surface area contributed by atoms with Crippen molar-refractivity contribution in [3.8, 4) is 0 Å². The Morgan fingerprint density at radius 1 is 1.56 bits per heavy atom. The maximum absolute atomic E-state index is 5.81. The normalized spacial score (nSPS) is 15.3. The summed E-state index contributed by atoms with van der Waals surface area (Å²) in [6.45, 7) is 4.38. The van der Waals surface area contributed by atoms with Crippen molar-refractivity contribution in [3.63, 3.8) is 0 Å². The zero-order valence-electron chi connectivity index (χ0n) is 10.3. The molecule has 0 fully saturated rings. The van der Waals surface area contributed by atoms with E-state index in [0.717, 1.165) is 13.2 Å². The van der Waals surface area contributed by atoms with Crippen molar-refractivity contribution in [2.24, 2.45) is 11.7 Å². The number of hydrogen-bond donors (Lipinski definition) is 1. The molecule has 0 aliphatic heterocycles. The van der Waals surface area contributed by atoms with Crippen LogP contribution in [-0.4, -0.2) is 38.3 Å². The van der Waals surface area contributed by atoms with E-state index in [1.807, 2.05) is 6.07 Å². The third-order valence-corrected chi connectivity index (χ3v) is 2.91. The van der Waals surface area contributed by atoms with Crippen LogP contribution in [0.1, 0.15) is 12.5 Å². The van der Waals surface area contributed by atoms with Gasteiger partial charge < -0.3 is 14.9 Å². The summed E-state index contributed by atoms with van der Waals surface area (Å²) in [4.78, 5) is 2.24. The second-order valence-electron chi connectivity index (χ2n) is 4.28. The molecule has 0 aliphatic rings. The number of likely N-dealkylation sites (N-methyl/N-ethyl adjacent to an activating group) is 1. The highest BCUT2D eigenvalue weighted by molar-refractivity contribution is 5.05. The summed E-state index contributed by atoms with van der Waals surface area (Å²) in [5.74, 6) is 0.423. The summed E-state index contributed by atoms with van der Waals surface area (Å²) in [6, 6.07) is 2.31. The van der Waals surface area contributed by atoms with Gasteiger partial charge in [0.05, 0.1) is 19.1 Å². The molecule has 1 heterocycles. The van der Waals surface area contributed by atoms with Crippen molar-refractivity contribution in [2.45, 2.75) is 19.5 Å². The van der Waals surface area contributed by atoms with Crippen molar-refractivity contribution in [3.05, 3.63) is 24.2 Å². The van der Waals surface area contributed by atoms with E-state index in [0.29, 0.717) is 18.5 Å². The molecule has 2 atom stereocenters. The summed E-state index contributed by atoms with van der Waals surface area (Å²) in [7, 11) is 3.80. The molecule has 0 bridgehead atoms. The van der Waals surface area contributed by atoms with E-state index in [2.05, 4.69) is 18.9 Å². The lowest BCUT2D eigenvalue weighted by molar-refractivity contribution is 0.0952. The smallest absolute Gasteiger partial charge is 0.0947 e. The first-order valence-corrected chi connectivity index (χ1v) is 5.59. The van der Waals surface area contributed by atoms with E-state index >= 15 is 0 Å². The number of rotatable bonds is 7. The molecule has 0 saturated carbocycles. The minimum Gasteiger partial charge on any atom is -0.472 e. The Morgan fingerprint density at radius 3 is 2.81 bits per heavy atom. The lowest BCUT2D eigenvalue weighted by Gasteiger charge is -2.31. The second-order valence-corrected chi connectivity index (χ2v) is 4.28. The Bertz CT molecular complexity index is 275. The maximum Gasteiger partial charge on any atom is 0.0947 e. The van der Waals surface area contributed by atoms with Crippen LogP contribution in [0.2, 0.25) is 0 Å². The molecule has 92 valence electrons. The SMILES string of the molecule is COCC(C)C(CN)N(C)Cc1ccoc1. The van der Waals surface area contributed by atoms with Crippen LogP contribution in [0.3, 0.4) is 0 Å². The summed E-state index contributed by atoms with van der Waals surface area (Å²) >= 11 is 0. The number of ether oxygens (including phenoxy) is 1. The molecule has 1 aromatic heterocycles. The van der Waals surface area contributed by atoms with Crippen LogP contribution in [0.25, 0.3) is 0 Å². The number of nitrogens with two attached hydrogens (primary N) is 1. The molecular weight excluding hydrogens is 204 g/mol. The second kappa shape index (κ2) is 6.68. The molecule has 0 radical (unpaired) electrons. The van der Waals surface area contributed by atoms with Crippen LogP contribution in [0.4, 0.5) is 0 Å². The lowest BCUT2D eigenvalue weighted by atomic mass is 10.0. The van der Waals surface area contributed by atoms with Gasteiger partial charge in [0.25, 0.3) is 0 Å². The van der Waals surface area contributed by atoms with Gasteiger partial charge in [-0.15, -0.1) is 0 Å². The predicted octanol–water partition coefficient (Wildman–Crippen LogP) is 1.32. The molecule has 0 amide bonds. The fourth-order valence-corrected chi connectivity index (χ4v) is 2.01. The largest absolute Gasteiger partial charge is 0.472 e. The Balaban J connectivity index is 2.51. The Kier molecular flexibility index (Phi) is 5.52. The predicted molar refractivity (Wildman–Crippen MR) is 64.1 cm³/mol. The van der Waals surface area contributed by atoms with Crippen LogP contribution >= 0.6 is 0 Å². The van der Waals surface area contributed by atoms with Gasteiger partial charge in [-0.3, -0.25) is 4.90 Å². The number of hydrogen-bond acceptors (Lipinski definition) is 4. The van der Waals surface area contributed by atoms with Gasteiger partial charge in [0, 0.05) is 31.8 Å². The van der Waals surface area contributed by atoms with Crippen molar-refractivity contribution >= 4 is 0 Å². The first kappa shape index (κ1) is 13.2. The molecule has 1 aromatic rings. The van der Waals surface area contributed by atoms with E-state index in [4.69, 9.17) is 14.9 Å². The molecule has 4 nitrogen and oxygen atoms in total. The van der Waals surface area contributed by atoms with E-state index < -0.39 is 0 Å². The van der Waals surface area contributed by atoms with Gasteiger partial charge in [0.15, 0.2) is 0 Å². The number of furan rings is 1. The van der Waals surface area contributed by atoms with Crippen molar-refractivity contribution in [1.82, 2.24) is 4.90 Å². The average Bonchev–Trinajstić information content (AvgIpc) is 2.71. The monoisotopic (exact) mass is 226 g/mol. The standard InChI is InChI=1S/C12H22N2O2/c1-10(8-15-3)12(6-13)14(2)7-11-4-5-16-9-11/h4-5,9-10,12H,6-8,13H2,1-3H3. The Morgan fingerprint density at radius 2 is 2.31 bits per heavy atom. The highest BCUT2D eigenvalue weighted by Crippen LogP contribution is 2.13. The minimum absolute atomic E-state index is 0.329. The first-order chi connectivity index (χ1) is 7.69. The van der Waals surface area contributed by atoms with Crippen LogP contribution in [0.15, 0.2) is 23.0 Å². The molecule has 2 unspecified atom stereocenters. The third kappa shape index (κ3) is 3.63. The fourth-order valence-electron chi connectivity index (χ4n) is 2.01. The summed E-state index contributed by atoms with van der Waals surface area (Å²) in [5, 5.41) is 0. The molecule has 0 aromatic carbocycles. The van der Waals surface area contributed by atoms with E-state index in [-0.39, 0.29) is 0 Å². The van der Waals surface area contributed by atoms with Crippen molar-refractivity contribution < 1.29 is 9.15 Å². The molecule has 16 heavy (non-hydrogen) atoms. The number of methoxy groups -OCH3 is 1. The molecule has 0 spiro atoms. The van der Waals surface area contributed by atoms with Gasteiger partial charge in [-0.25, -0.2) is 0 Å². The molecule has 0 aliphatic carbocycles. The van der Waals surface area contributed by atoms with E-state index in [1.165, 1.54) is 5.56 Å². The van der Waals surface area contributed by atoms with Gasteiger partial charge in [0.2, 0.25) is 0 Å². The Hall–Kier alpha value is -0.840. The molecule has 0 saturated heterocycles. The quantitative estimate of drug-likeness (QED) is 0.762. The zero-order valence-corrected chi connectivity index (χ0v) is 10.3. The molecule has 2 N–H and O–H groups in total. The van der Waals surface area contributed by atoms with Gasteiger partial charge in [0.1, 0.15) is 0 Å². The van der Waals surface area contributed by atoms with Crippen LogP contribution in [0, 0.1) is 5.92 Å². The van der Waals surface area contributed by atoms with Gasteiger partial charge in [-0.05, 0) is 19.0 Å². The topological polar surface area (TPSA) is 51.6 Å². The van der Waals surface area contributed by atoms with Gasteiger partial charge in [-0.1, -0.05) is 6.92 Å². The minimum atomic E-state index is 0.329. The maximum atomic E-state index is 5.81.